The first-order chi connectivity index (χ1) is 18.5. The van der Waals surface area contributed by atoms with Crippen LogP contribution in [0.3, 0.4) is 0 Å². The van der Waals surface area contributed by atoms with Gasteiger partial charge in [0.05, 0.1) is 0 Å². The van der Waals surface area contributed by atoms with Crippen LogP contribution in [-0.2, 0) is 13.6 Å². The van der Waals surface area contributed by atoms with Crippen molar-refractivity contribution < 1.29 is 13.6 Å². The van der Waals surface area contributed by atoms with Crippen molar-refractivity contribution in [3.63, 3.8) is 0 Å². The van der Waals surface area contributed by atoms with E-state index in [0.29, 0.717) is 5.69 Å². The molecule has 0 amide bonds. The number of anilines is 1. The van der Waals surface area contributed by atoms with E-state index >= 15 is 0 Å². The minimum atomic E-state index is -3.15. The lowest BCUT2D eigenvalue weighted by Gasteiger charge is -2.15. The first-order valence-electron chi connectivity index (χ1n) is 12.2. The van der Waals surface area contributed by atoms with Crippen LogP contribution >= 0.6 is 7.75 Å². The van der Waals surface area contributed by atoms with Crippen molar-refractivity contribution in [3.8, 4) is 11.1 Å². The van der Waals surface area contributed by atoms with E-state index in [0.717, 1.165) is 0 Å². The highest BCUT2D eigenvalue weighted by molar-refractivity contribution is 7.55. The summed E-state index contributed by atoms with van der Waals surface area (Å²) >= 11 is 0. The second-order valence-electron chi connectivity index (χ2n) is 7.80. The predicted molar refractivity (Wildman–Crippen MR) is 163 cm³/mol. The van der Waals surface area contributed by atoms with Crippen molar-refractivity contribution in [3.05, 3.63) is 158 Å². The van der Waals surface area contributed by atoms with Crippen molar-refractivity contribution in [1.82, 2.24) is 0 Å². The molecule has 4 aromatic rings. The van der Waals surface area contributed by atoms with Crippen LogP contribution in [0, 0.1) is 0 Å². The van der Waals surface area contributed by atoms with Crippen LogP contribution in [0.2, 0.25) is 0 Å². The number of nitrogens with one attached hydrogen (secondary N) is 1. The molecule has 0 bridgehead atoms. The van der Waals surface area contributed by atoms with Crippen molar-refractivity contribution in [2.24, 2.45) is 0 Å². The number of benzene rings is 4. The molecule has 0 aromatic heterocycles. The molecule has 0 aliphatic heterocycles. The van der Waals surface area contributed by atoms with E-state index in [1.54, 1.807) is 12.1 Å². The van der Waals surface area contributed by atoms with Gasteiger partial charge in [0.2, 0.25) is 0 Å². The van der Waals surface area contributed by atoms with Crippen molar-refractivity contribution in [2.75, 3.05) is 19.3 Å². The standard InChI is InChI=1S/C13H14.C12H10.C8H12NO3P/c1-3-8-12(9-4-2)13-10-6-5-7-11-13;1-3-7-11(8-4-1)12-9-5-2-6-10-12;1-11-13(10,12-2)9-8-6-4-3-5-7-8/h3-11H,1H2,2H3;1-10H;3-7H,1-2H3,(H,9,10)/b9-4-,12-8+;;. The van der Waals surface area contributed by atoms with Gasteiger partial charge in [-0.15, -0.1) is 0 Å². The highest BCUT2D eigenvalue weighted by atomic mass is 31.2. The largest absolute Gasteiger partial charge is 0.432 e. The number of rotatable bonds is 8. The molecule has 0 atom stereocenters. The van der Waals surface area contributed by atoms with Crippen LogP contribution in [0.25, 0.3) is 16.7 Å². The van der Waals surface area contributed by atoms with E-state index in [1.165, 1.54) is 36.5 Å². The number of hydrogen-bond acceptors (Lipinski definition) is 3. The zero-order chi connectivity index (χ0) is 27.5. The summed E-state index contributed by atoms with van der Waals surface area (Å²) in [6.45, 7) is 5.71. The molecule has 0 saturated heterocycles. The zero-order valence-electron chi connectivity index (χ0n) is 22.2. The highest BCUT2D eigenvalue weighted by Crippen LogP contribution is 2.45. The molecule has 0 saturated carbocycles. The fourth-order valence-electron chi connectivity index (χ4n) is 3.28. The van der Waals surface area contributed by atoms with Gasteiger partial charge in [-0.1, -0.05) is 140 Å². The molecule has 0 heterocycles. The summed E-state index contributed by atoms with van der Waals surface area (Å²) in [6, 6.07) is 40.2. The van der Waals surface area contributed by atoms with Gasteiger partial charge in [-0.2, -0.15) is 0 Å². The van der Waals surface area contributed by atoms with Gasteiger partial charge in [0, 0.05) is 19.9 Å². The average Bonchev–Trinajstić information content (AvgIpc) is 2.99. The molecule has 4 rings (SSSR count). The highest BCUT2D eigenvalue weighted by Gasteiger charge is 2.20. The monoisotopic (exact) mass is 525 g/mol. The number of allylic oxidation sites excluding steroid dienone is 5. The van der Waals surface area contributed by atoms with E-state index in [1.807, 2.05) is 73.7 Å². The molecule has 0 aliphatic rings. The molecule has 38 heavy (non-hydrogen) atoms. The lowest BCUT2D eigenvalue weighted by atomic mass is 10.1. The van der Waals surface area contributed by atoms with Gasteiger partial charge in [0.25, 0.3) is 0 Å². The Kier molecular flexibility index (Phi) is 13.9. The smallest absolute Gasteiger partial charge is 0.296 e. The maximum absolute atomic E-state index is 11.6. The summed E-state index contributed by atoms with van der Waals surface area (Å²) in [4.78, 5) is 0. The molecular formula is C33H36NO3P. The summed E-state index contributed by atoms with van der Waals surface area (Å²) in [5, 5.41) is 2.67. The Morgan fingerprint density at radius 3 is 1.53 bits per heavy atom. The van der Waals surface area contributed by atoms with Crippen LogP contribution in [0.5, 0.6) is 0 Å². The maximum Gasteiger partial charge on any atom is 0.432 e. The summed E-state index contributed by atoms with van der Waals surface area (Å²) in [6.07, 6.45) is 7.93. The Labute approximate surface area is 227 Å². The molecular weight excluding hydrogens is 489 g/mol. The third-order valence-electron chi connectivity index (χ3n) is 5.15. The quantitative estimate of drug-likeness (QED) is 0.184. The molecule has 0 radical (unpaired) electrons. The van der Waals surface area contributed by atoms with Crippen LogP contribution in [0.15, 0.2) is 152 Å². The summed E-state index contributed by atoms with van der Waals surface area (Å²) < 4.78 is 21.0. The van der Waals surface area contributed by atoms with E-state index in [-0.39, 0.29) is 0 Å². The molecule has 0 spiro atoms. The Morgan fingerprint density at radius 1 is 0.711 bits per heavy atom. The predicted octanol–water partition coefficient (Wildman–Crippen LogP) is 9.69. The topological polar surface area (TPSA) is 47.6 Å². The molecule has 0 aliphatic carbocycles. The van der Waals surface area contributed by atoms with Gasteiger partial charge in [-0.3, -0.25) is 14.1 Å². The zero-order valence-corrected chi connectivity index (χ0v) is 23.1. The number of hydrogen-bond donors (Lipinski definition) is 1. The molecule has 4 nitrogen and oxygen atoms in total. The van der Waals surface area contributed by atoms with Crippen molar-refractivity contribution in [1.29, 1.82) is 0 Å². The molecule has 5 heteroatoms. The van der Waals surface area contributed by atoms with Gasteiger partial charge in [0.1, 0.15) is 0 Å². The normalized spacial score (nSPS) is 11.0. The Hall–Kier alpha value is -3.95. The summed E-state index contributed by atoms with van der Waals surface area (Å²) in [7, 11) is -0.486. The third kappa shape index (κ3) is 11.0. The first kappa shape index (κ1) is 30.3. The average molecular weight is 526 g/mol. The van der Waals surface area contributed by atoms with Crippen LogP contribution in [-0.4, -0.2) is 14.2 Å². The first-order valence-corrected chi connectivity index (χ1v) is 13.8. The lowest BCUT2D eigenvalue weighted by Crippen LogP contribution is -2.00. The van der Waals surface area contributed by atoms with E-state index in [2.05, 4.69) is 78.4 Å². The van der Waals surface area contributed by atoms with Gasteiger partial charge in [-0.25, -0.2) is 4.57 Å². The van der Waals surface area contributed by atoms with Gasteiger partial charge < -0.3 is 0 Å². The maximum atomic E-state index is 11.6. The minimum Gasteiger partial charge on any atom is -0.296 e. The Bertz CT molecular complexity index is 1240. The summed E-state index contributed by atoms with van der Waals surface area (Å²) in [5.41, 5.74) is 5.67. The van der Waals surface area contributed by atoms with Crippen LogP contribution in [0.4, 0.5) is 5.69 Å². The van der Waals surface area contributed by atoms with Crippen molar-refractivity contribution >= 4 is 19.0 Å². The lowest BCUT2D eigenvalue weighted by molar-refractivity contribution is 0.281. The molecule has 0 fully saturated rings. The molecule has 1 N–H and O–H groups in total. The fraction of sp³-hybridized carbons (Fsp3) is 0.0909. The van der Waals surface area contributed by atoms with E-state index in [4.69, 9.17) is 9.05 Å². The third-order valence-corrected chi connectivity index (χ3v) is 6.65. The van der Waals surface area contributed by atoms with Gasteiger partial charge in [0.15, 0.2) is 0 Å². The minimum absolute atomic E-state index is 0.703. The molecule has 0 unspecified atom stereocenters. The molecule has 196 valence electrons. The fourth-order valence-corrected chi connectivity index (χ4v) is 4.08. The van der Waals surface area contributed by atoms with Gasteiger partial charge >= 0.3 is 7.75 Å². The van der Waals surface area contributed by atoms with Crippen molar-refractivity contribution in [2.45, 2.75) is 6.92 Å². The van der Waals surface area contributed by atoms with E-state index < -0.39 is 7.75 Å². The van der Waals surface area contributed by atoms with Gasteiger partial charge in [-0.05, 0) is 41.3 Å². The van der Waals surface area contributed by atoms with E-state index in [9.17, 15) is 4.57 Å². The Balaban J connectivity index is 0.000000200. The number of para-hydroxylation sites is 1. The second kappa shape index (κ2) is 17.5. The molecule has 4 aromatic carbocycles. The summed E-state index contributed by atoms with van der Waals surface area (Å²) in [5.74, 6) is 0. The Morgan fingerprint density at radius 2 is 1.13 bits per heavy atom. The van der Waals surface area contributed by atoms with Crippen LogP contribution < -0.4 is 5.09 Å². The van der Waals surface area contributed by atoms with Crippen LogP contribution in [0.1, 0.15) is 12.5 Å². The second-order valence-corrected chi connectivity index (χ2v) is 9.75. The SMILES string of the molecule is C=C/C=C(\C=C/C)c1ccccc1.COP(=O)(Nc1ccccc1)OC.c1ccc(-c2ccccc2)cc1.